The molecule has 5 nitrogen and oxygen atoms in total. The number of hydrogen-bond acceptors (Lipinski definition) is 3. The molecule has 1 unspecified atom stereocenters. The quantitative estimate of drug-likeness (QED) is 0.645. The van der Waals surface area contributed by atoms with Crippen molar-refractivity contribution in [2.75, 3.05) is 18.5 Å². The summed E-state index contributed by atoms with van der Waals surface area (Å²) in [6.07, 6.45) is 2.12. The van der Waals surface area contributed by atoms with E-state index < -0.39 is 0 Å². The summed E-state index contributed by atoms with van der Waals surface area (Å²) in [5.41, 5.74) is 7.59. The van der Waals surface area contributed by atoms with Gasteiger partial charge in [0.15, 0.2) is 0 Å². The minimum Gasteiger partial charge on any atom is -0.379 e. The van der Waals surface area contributed by atoms with Gasteiger partial charge in [0.2, 0.25) is 0 Å². The number of urea groups is 1. The summed E-state index contributed by atoms with van der Waals surface area (Å²) in [4.78, 5) is 11.7. The number of rotatable bonds is 8. The van der Waals surface area contributed by atoms with Gasteiger partial charge in [-0.25, -0.2) is 4.79 Å². The summed E-state index contributed by atoms with van der Waals surface area (Å²) in [5.74, 6) is 0. The molecular formula is C16H27N3O2. The largest absolute Gasteiger partial charge is 0.379 e. The van der Waals surface area contributed by atoms with Crippen LogP contribution < -0.4 is 16.4 Å². The fourth-order valence-corrected chi connectivity index (χ4v) is 1.79. The molecule has 0 fully saturated rings. The third-order valence-electron chi connectivity index (χ3n) is 3.00. The van der Waals surface area contributed by atoms with Crippen LogP contribution in [0.2, 0.25) is 0 Å². The Bertz CT molecular complexity index is 416. The van der Waals surface area contributed by atoms with E-state index in [-0.39, 0.29) is 18.2 Å². The molecule has 0 aromatic heterocycles. The van der Waals surface area contributed by atoms with Gasteiger partial charge in [-0.3, -0.25) is 0 Å². The lowest BCUT2D eigenvalue weighted by Crippen LogP contribution is -2.29. The molecule has 0 saturated carbocycles. The predicted octanol–water partition coefficient (Wildman–Crippen LogP) is 3.03. The Labute approximate surface area is 127 Å². The Morgan fingerprint density at radius 3 is 2.43 bits per heavy atom. The second-order valence-electron chi connectivity index (χ2n) is 5.42. The van der Waals surface area contributed by atoms with Crippen molar-refractivity contribution in [3.05, 3.63) is 29.8 Å². The van der Waals surface area contributed by atoms with Crippen molar-refractivity contribution < 1.29 is 9.53 Å². The number of amides is 2. The van der Waals surface area contributed by atoms with Crippen molar-refractivity contribution in [1.82, 2.24) is 5.32 Å². The minimum absolute atomic E-state index is 0.000865. The summed E-state index contributed by atoms with van der Waals surface area (Å²) in [7, 11) is 0. The molecule has 1 rings (SSSR count). The van der Waals surface area contributed by atoms with Crippen molar-refractivity contribution in [1.29, 1.82) is 0 Å². The van der Waals surface area contributed by atoms with E-state index in [9.17, 15) is 4.79 Å². The average Bonchev–Trinajstić information content (AvgIpc) is 2.43. The van der Waals surface area contributed by atoms with Gasteiger partial charge in [0.25, 0.3) is 0 Å². The molecule has 1 atom stereocenters. The topological polar surface area (TPSA) is 76.4 Å². The first-order chi connectivity index (χ1) is 9.99. The molecular weight excluding hydrogens is 266 g/mol. The fraction of sp³-hybridized carbons (Fsp3) is 0.562. The summed E-state index contributed by atoms with van der Waals surface area (Å²) < 4.78 is 5.44. The highest BCUT2D eigenvalue weighted by atomic mass is 16.5. The standard InChI is InChI=1S/C16H27N3O2/c1-12(2)21-11-5-4-10-18-16(20)19-15-8-6-14(7-9-15)13(3)17/h6-9,12-13H,4-5,10-11,17H2,1-3H3,(H2,18,19,20). The van der Waals surface area contributed by atoms with Crippen LogP contribution in [-0.2, 0) is 4.74 Å². The van der Waals surface area contributed by atoms with Crippen molar-refractivity contribution in [3.63, 3.8) is 0 Å². The lowest BCUT2D eigenvalue weighted by atomic mass is 10.1. The first kappa shape index (κ1) is 17.5. The second-order valence-corrected chi connectivity index (χ2v) is 5.42. The van der Waals surface area contributed by atoms with Gasteiger partial charge in [-0.05, 0) is 51.3 Å². The van der Waals surface area contributed by atoms with Crippen LogP contribution in [0.15, 0.2) is 24.3 Å². The number of carbonyl (C=O) groups is 1. The Morgan fingerprint density at radius 1 is 1.19 bits per heavy atom. The maximum absolute atomic E-state index is 11.7. The maximum Gasteiger partial charge on any atom is 0.319 e. The highest BCUT2D eigenvalue weighted by molar-refractivity contribution is 5.89. The van der Waals surface area contributed by atoms with Crippen LogP contribution in [-0.4, -0.2) is 25.3 Å². The summed E-state index contributed by atoms with van der Waals surface area (Å²) >= 11 is 0. The Hall–Kier alpha value is -1.59. The van der Waals surface area contributed by atoms with E-state index in [1.807, 2.05) is 45.0 Å². The Balaban J connectivity index is 2.18. The molecule has 4 N–H and O–H groups in total. The van der Waals surface area contributed by atoms with E-state index in [4.69, 9.17) is 10.5 Å². The van der Waals surface area contributed by atoms with Gasteiger partial charge in [0, 0.05) is 24.9 Å². The van der Waals surface area contributed by atoms with Crippen LogP contribution in [0.25, 0.3) is 0 Å². The van der Waals surface area contributed by atoms with Gasteiger partial charge in [-0.2, -0.15) is 0 Å². The SMILES string of the molecule is CC(C)OCCCCNC(=O)Nc1ccc(C(C)N)cc1. The van der Waals surface area contributed by atoms with E-state index in [1.165, 1.54) is 0 Å². The second kappa shape index (κ2) is 9.37. The molecule has 0 spiro atoms. The van der Waals surface area contributed by atoms with Crippen LogP contribution in [0.4, 0.5) is 10.5 Å². The molecule has 21 heavy (non-hydrogen) atoms. The monoisotopic (exact) mass is 293 g/mol. The Kier molecular flexibility index (Phi) is 7.79. The van der Waals surface area contributed by atoms with Gasteiger partial charge in [0.05, 0.1) is 6.10 Å². The Morgan fingerprint density at radius 2 is 1.86 bits per heavy atom. The van der Waals surface area contributed by atoms with Crippen LogP contribution >= 0.6 is 0 Å². The van der Waals surface area contributed by atoms with Gasteiger partial charge >= 0.3 is 6.03 Å². The molecule has 0 aliphatic carbocycles. The van der Waals surface area contributed by atoms with E-state index in [2.05, 4.69) is 10.6 Å². The van der Waals surface area contributed by atoms with Crippen molar-refractivity contribution in [2.24, 2.45) is 5.73 Å². The highest BCUT2D eigenvalue weighted by Gasteiger charge is 2.03. The zero-order valence-corrected chi connectivity index (χ0v) is 13.2. The molecule has 0 radical (unpaired) electrons. The maximum atomic E-state index is 11.7. The van der Waals surface area contributed by atoms with Crippen LogP contribution in [0.1, 0.15) is 45.2 Å². The molecule has 1 aromatic rings. The number of nitrogens with two attached hydrogens (primary N) is 1. The smallest absolute Gasteiger partial charge is 0.319 e. The minimum atomic E-state index is -0.187. The van der Waals surface area contributed by atoms with Crippen molar-refractivity contribution in [3.8, 4) is 0 Å². The van der Waals surface area contributed by atoms with Crippen LogP contribution in [0.5, 0.6) is 0 Å². The fourth-order valence-electron chi connectivity index (χ4n) is 1.79. The zero-order chi connectivity index (χ0) is 15.7. The van der Waals surface area contributed by atoms with Gasteiger partial charge < -0.3 is 21.1 Å². The van der Waals surface area contributed by atoms with E-state index >= 15 is 0 Å². The number of hydrogen-bond donors (Lipinski definition) is 3. The van der Waals surface area contributed by atoms with Gasteiger partial charge in [-0.1, -0.05) is 12.1 Å². The van der Waals surface area contributed by atoms with E-state index in [1.54, 1.807) is 0 Å². The lowest BCUT2D eigenvalue weighted by Gasteiger charge is -2.10. The third kappa shape index (κ3) is 7.68. The summed E-state index contributed by atoms with van der Waals surface area (Å²) in [6.45, 7) is 7.34. The number of nitrogens with one attached hydrogen (secondary N) is 2. The lowest BCUT2D eigenvalue weighted by molar-refractivity contribution is 0.0761. The summed E-state index contributed by atoms with van der Waals surface area (Å²) in [5, 5.41) is 5.62. The van der Waals surface area contributed by atoms with E-state index in [0.29, 0.717) is 6.54 Å². The molecule has 5 heteroatoms. The molecule has 0 saturated heterocycles. The molecule has 0 bridgehead atoms. The molecule has 0 aliphatic heterocycles. The van der Waals surface area contributed by atoms with Crippen LogP contribution in [0.3, 0.4) is 0 Å². The first-order valence-electron chi connectivity index (χ1n) is 7.51. The number of unbranched alkanes of at least 4 members (excludes halogenated alkanes) is 1. The van der Waals surface area contributed by atoms with E-state index in [0.717, 1.165) is 30.7 Å². The zero-order valence-electron chi connectivity index (χ0n) is 13.2. The van der Waals surface area contributed by atoms with Crippen molar-refractivity contribution in [2.45, 2.75) is 45.8 Å². The van der Waals surface area contributed by atoms with Crippen molar-refractivity contribution >= 4 is 11.7 Å². The molecule has 1 aromatic carbocycles. The normalized spacial score (nSPS) is 12.2. The number of benzene rings is 1. The highest BCUT2D eigenvalue weighted by Crippen LogP contribution is 2.13. The molecule has 0 heterocycles. The number of ether oxygens (including phenoxy) is 1. The number of anilines is 1. The van der Waals surface area contributed by atoms with Gasteiger partial charge in [-0.15, -0.1) is 0 Å². The number of carbonyl (C=O) groups excluding carboxylic acids is 1. The van der Waals surface area contributed by atoms with Gasteiger partial charge in [0.1, 0.15) is 0 Å². The molecule has 2 amide bonds. The predicted molar refractivity (Wildman–Crippen MR) is 86.4 cm³/mol. The average molecular weight is 293 g/mol. The summed E-state index contributed by atoms with van der Waals surface area (Å²) in [6, 6.07) is 7.37. The third-order valence-corrected chi connectivity index (χ3v) is 3.00. The van der Waals surface area contributed by atoms with Crippen LogP contribution in [0, 0.1) is 0 Å². The first-order valence-corrected chi connectivity index (χ1v) is 7.51. The molecule has 0 aliphatic rings. The molecule has 118 valence electrons.